The maximum Gasteiger partial charge on any atom is 0.330 e. The van der Waals surface area contributed by atoms with Gasteiger partial charge in [-0.3, -0.25) is 0 Å². The van der Waals surface area contributed by atoms with Gasteiger partial charge in [0.1, 0.15) is 0 Å². The van der Waals surface area contributed by atoms with Crippen LogP contribution in [0, 0.1) is 11.8 Å². The highest BCUT2D eigenvalue weighted by Crippen LogP contribution is 2.44. The van der Waals surface area contributed by atoms with Gasteiger partial charge in [0.05, 0.1) is 7.11 Å². The predicted molar refractivity (Wildman–Crippen MR) is 50.0 cm³/mol. The van der Waals surface area contributed by atoms with Crippen LogP contribution >= 0.6 is 0 Å². The summed E-state index contributed by atoms with van der Waals surface area (Å²) in [7, 11) is 1.38. The monoisotopic (exact) mass is 176 g/mol. The number of hydrogen-bond donors (Lipinski definition) is 0. The minimum Gasteiger partial charge on any atom is -0.466 e. The molecule has 0 aromatic carbocycles. The predicted octanol–water partition coefficient (Wildman–Crippen LogP) is 1.85. The molecule has 2 rings (SSSR count). The summed E-state index contributed by atoms with van der Waals surface area (Å²) in [4.78, 5) is 10.8. The summed E-state index contributed by atoms with van der Waals surface area (Å²) in [6, 6.07) is 0. The van der Waals surface area contributed by atoms with E-state index in [0.717, 1.165) is 17.4 Å². The van der Waals surface area contributed by atoms with E-state index in [1.807, 2.05) is 0 Å². The van der Waals surface area contributed by atoms with E-state index in [2.05, 4.69) is 23.0 Å². The quantitative estimate of drug-likeness (QED) is 0.474. The summed E-state index contributed by atoms with van der Waals surface area (Å²) < 4.78 is 4.50. The van der Waals surface area contributed by atoms with E-state index in [0.29, 0.717) is 0 Å². The fourth-order valence-electron chi connectivity index (χ4n) is 1.53. The summed E-state index contributed by atoms with van der Waals surface area (Å²) in [6.07, 6.45) is 11.0. The summed E-state index contributed by atoms with van der Waals surface area (Å²) in [5.41, 5.74) is 1.11. The van der Waals surface area contributed by atoms with Crippen molar-refractivity contribution >= 4 is 5.97 Å². The Bertz CT molecular complexity index is 310. The third-order valence-electron chi connectivity index (χ3n) is 2.45. The number of rotatable bonds is 2. The van der Waals surface area contributed by atoms with Crippen molar-refractivity contribution in [2.75, 3.05) is 7.11 Å². The van der Waals surface area contributed by atoms with E-state index >= 15 is 0 Å². The molecule has 1 saturated carbocycles. The van der Waals surface area contributed by atoms with Crippen LogP contribution < -0.4 is 0 Å². The lowest BCUT2D eigenvalue weighted by molar-refractivity contribution is -0.134. The minimum atomic E-state index is -0.299. The molecule has 2 atom stereocenters. The van der Waals surface area contributed by atoms with Crippen molar-refractivity contribution in [1.29, 1.82) is 0 Å². The number of carbonyl (C=O) groups is 1. The number of hydrogen-bond acceptors (Lipinski definition) is 2. The van der Waals surface area contributed by atoms with E-state index in [9.17, 15) is 4.79 Å². The van der Waals surface area contributed by atoms with E-state index in [4.69, 9.17) is 0 Å². The average molecular weight is 176 g/mol. The van der Waals surface area contributed by atoms with Crippen LogP contribution in [0.5, 0.6) is 0 Å². The second-order valence-electron chi connectivity index (χ2n) is 3.45. The first-order valence-electron chi connectivity index (χ1n) is 4.45. The van der Waals surface area contributed by atoms with Gasteiger partial charge in [0, 0.05) is 6.08 Å². The van der Waals surface area contributed by atoms with Gasteiger partial charge in [0.2, 0.25) is 0 Å². The largest absolute Gasteiger partial charge is 0.466 e. The fraction of sp³-hybridized carbons (Fsp3) is 0.364. The first kappa shape index (κ1) is 8.30. The second-order valence-corrected chi connectivity index (χ2v) is 3.45. The Balaban J connectivity index is 1.98. The van der Waals surface area contributed by atoms with Gasteiger partial charge < -0.3 is 4.74 Å². The van der Waals surface area contributed by atoms with Gasteiger partial charge in [0.25, 0.3) is 0 Å². The molecule has 0 aliphatic heterocycles. The molecule has 0 aromatic rings. The number of carbonyl (C=O) groups excluding carboxylic acids is 1. The first-order chi connectivity index (χ1) is 6.29. The number of fused-ring (bicyclic) bond motifs is 1. The van der Waals surface area contributed by atoms with Gasteiger partial charge in [-0.25, -0.2) is 4.79 Å². The van der Waals surface area contributed by atoms with Crippen LogP contribution in [0.3, 0.4) is 0 Å². The highest BCUT2D eigenvalue weighted by molar-refractivity contribution is 5.82. The molecule has 68 valence electrons. The first-order valence-corrected chi connectivity index (χ1v) is 4.45. The highest BCUT2D eigenvalue weighted by atomic mass is 16.5. The SMILES string of the molecule is COC(=O)/C=C/C1=CC2CC2C=C1. The molecule has 0 N–H and O–H groups in total. The third kappa shape index (κ3) is 1.89. The Labute approximate surface area is 77.6 Å². The molecule has 2 unspecified atom stereocenters. The van der Waals surface area contributed by atoms with Crippen molar-refractivity contribution in [2.45, 2.75) is 6.42 Å². The van der Waals surface area contributed by atoms with Crippen LogP contribution in [-0.4, -0.2) is 13.1 Å². The molecule has 0 radical (unpaired) electrons. The van der Waals surface area contributed by atoms with Gasteiger partial charge >= 0.3 is 5.97 Å². The summed E-state index contributed by atoms with van der Waals surface area (Å²) in [5, 5.41) is 0. The molecule has 13 heavy (non-hydrogen) atoms. The molecule has 2 heteroatoms. The van der Waals surface area contributed by atoms with Gasteiger partial charge in [0.15, 0.2) is 0 Å². The lowest BCUT2D eigenvalue weighted by atomic mass is 10.1. The highest BCUT2D eigenvalue weighted by Gasteiger charge is 2.34. The van der Waals surface area contributed by atoms with Crippen LogP contribution in [0.4, 0.5) is 0 Å². The second kappa shape index (κ2) is 3.21. The Hall–Kier alpha value is -1.31. The Morgan fingerprint density at radius 2 is 2.46 bits per heavy atom. The number of allylic oxidation sites excluding steroid dienone is 5. The molecule has 0 saturated heterocycles. The average Bonchev–Trinajstić information content (AvgIpc) is 2.91. The van der Waals surface area contributed by atoms with Crippen molar-refractivity contribution in [3.63, 3.8) is 0 Å². The standard InChI is InChI=1S/C11H12O2/c1-13-11(12)5-3-8-2-4-9-7-10(9)6-8/h2-6,9-10H,7H2,1H3/b5-3+. The van der Waals surface area contributed by atoms with E-state index < -0.39 is 0 Å². The molecular formula is C11H12O2. The van der Waals surface area contributed by atoms with Crippen molar-refractivity contribution in [3.8, 4) is 0 Å². The van der Waals surface area contributed by atoms with Crippen LogP contribution in [0.25, 0.3) is 0 Å². The Kier molecular flexibility index (Phi) is 2.05. The smallest absolute Gasteiger partial charge is 0.330 e. The van der Waals surface area contributed by atoms with Crippen molar-refractivity contribution < 1.29 is 9.53 Å². The van der Waals surface area contributed by atoms with Gasteiger partial charge in [-0.1, -0.05) is 18.2 Å². The molecule has 2 nitrogen and oxygen atoms in total. The number of ether oxygens (including phenoxy) is 1. The molecule has 0 spiro atoms. The zero-order valence-electron chi connectivity index (χ0n) is 7.57. The zero-order valence-corrected chi connectivity index (χ0v) is 7.57. The maximum absolute atomic E-state index is 10.8. The van der Waals surface area contributed by atoms with Crippen molar-refractivity contribution in [1.82, 2.24) is 0 Å². The van der Waals surface area contributed by atoms with E-state index in [1.54, 1.807) is 6.08 Å². The van der Waals surface area contributed by atoms with Gasteiger partial charge in [-0.05, 0) is 29.9 Å². The molecule has 1 fully saturated rings. The zero-order chi connectivity index (χ0) is 9.26. The lowest BCUT2D eigenvalue weighted by Gasteiger charge is -1.99. The summed E-state index contributed by atoms with van der Waals surface area (Å²) in [5.74, 6) is 1.20. The van der Waals surface area contributed by atoms with Crippen LogP contribution in [0.1, 0.15) is 6.42 Å². The molecule has 2 aliphatic rings. The minimum absolute atomic E-state index is 0.299. The normalized spacial score (nSPS) is 29.8. The maximum atomic E-state index is 10.8. The summed E-state index contributed by atoms with van der Waals surface area (Å²) in [6.45, 7) is 0. The molecular weight excluding hydrogens is 164 g/mol. The number of methoxy groups -OCH3 is 1. The molecule has 2 aliphatic carbocycles. The molecule has 0 heterocycles. The topological polar surface area (TPSA) is 26.3 Å². The molecule has 0 amide bonds. The molecule has 0 bridgehead atoms. The third-order valence-corrected chi connectivity index (χ3v) is 2.45. The van der Waals surface area contributed by atoms with Gasteiger partial charge in [-0.15, -0.1) is 0 Å². The van der Waals surface area contributed by atoms with Crippen molar-refractivity contribution in [2.24, 2.45) is 11.8 Å². The van der Waals surface area contributed by atoms with Crippen LogP contribution in [0.2, 0.25) is 0 Å². The van der Waals surface area contributed by atoms with E-state index in [1.165, 1.54) is 19.6 Å². The number of esters is 1. The van der Waals surface area contributed by atoms with Crippen LogP contribution in [-0.2, 0) is 9.53 Å². The lowest BCUT2D eigenvalue weighted by Crippen LogP contribution is -1.94. The van der Waals surface area contributed by atoms with Gasteiger partial charge in [-0.2, -0.15) is 0 Å². The van der Waals surface area contributed by atoms with Crippen molar-refractivity contribution in [3.05, 3.63) is 36.0 Å². The Morgan fingerprint density at radius 3 is 3.15 bits per heavy atom. The van der Waals surface area contributed by atoms with E-state index in [-0.39, 0.29) is 5.97 Å². The summed E-state index contributed by atoms with van der Waals surface area (Å²) >= 11 is 0. The Morgan fingerprint density at radius 1 is 1.62 bits per heavy atom. The molecule has 0 aromatic heterocycles. The van der Waals surface area contributed by atoms with Crippen LogP contribution in [0.15, 0.2) is 36.0 Å². The fourth-order valence-corrected chi connectivity index (χ4v) is 1.53.